The number of ether oxygens (including phenoxy) is 1. The van der Waals surface area contributed by atoms with Gasteiger partial charge in [-0.15, -0.1) is 0 Å². The van der Waals surface area contributed by atoms with Crippen LogP contribution in [0.5, 0.6) is 5.75 Å². The number of halogens is 1. The molecule has 9 nitrogen and oxygen atoms in total. The van der Waals surface area contributed by atoms with E-state index in [2.05, 4.69) is 10.3 Å². The predicted molar refractivity (Wildman–Crippen MR) is 145 cm³/mol. The van der Waals surface area contributed by atoms with Crippen LogP contribution in [0.2, 0.25) is 5.02 Å². The highest BCUT2D eigenvalue weighted by atomic mass is 35.5. The molecule has 1 saturated heterocycles. The molecule has 10 heteroatoms. The molecule has 0 bridgehead atoms. The number of imidazole rings is 1. The molecule has 1 aliphatic rings. The van der Waals surface area contributed by atoms with Crippen LogP contribution >= 0.6 is 11.6 Å². The second-order valence-corrected chi connectivity index (χ2v) is 9.93. The minimum absolute atomic E-state index is 0.0179. The molecule has 0 saturated carbocycles. The summed E-state index contributed by atoms with van der Waals surface area (Å²) in [6, 6.07) is 6.88. The van der Waals surface area contributed by atoms with Crippen LogP contribution in [0.4, 0.5) is 5.95 Å². The van der Waals surface area contributed by atoms with Crippen LogP contribution in [-0.4, -0.2) is 77.0 Å². The average Bonchev–Trinajstić information content (AvgIpc) is 3.02. The lowest BCUT2D eigenvalue weighted by Crippen LogP contribution is -2.34. The van der Waals surface area contributed by atoms with Gasteiger partial charge in [-0.2, -0.15) is 0 Å². The summed E-state index contributed by atoms with van der Waals surface area (Å²) in [7, 11) is 5.48. The molecule has 196 valence electrons. The lowest BCUT2D eigenvalue weighted by atomic mass is 10.1. The first-order valence-corrected chi connectivity index (χ1v) is 12.7. The van der Waals surface area contributed by atoms with Gasteiger partial charge in [-0.05, 0) is 58.5 Å². The van der Waals surface area contributed by atoms with Crippen LogP contribution in [0.25, 0.3) is 11.0 Å². The Hall–Kier alpha value is -3.43. The Morgan fingerprint density at radius 3 is 2.81 bits per heavy atom. The largest absolute Gasteiger partial charge is 0.495 e. The number of anilines is 1. The molecule has 1 N–H and O–H groups in total. The van der Waals surface area contributed by atoms with Crippen LogP contribution in [-0.2, 0) is 4.79 Å². The van der Waals surface area contributed by atoms with Crippen molar-refractivity contribution in [2.24, 2.45) is 0 Å². The van der Waals surface area contributed by atoms with Crippen LogP contribution in [0.15, 0.2) is 42.6 Å². The summed E-state index contributed by atoms with van der Waals surface area (Å²) in [4.78, 5) is 39.0. The fourth-order valence-corrected chi connectivity index (χ4v) is 4.81. The normalized spacial score (nSPS) is 16.4. The summed E-state index contributed by atoms with van der Waals surface area (Å²) < 4.78 is 7.40. The van der Waals surface area contributed by atoms with Crippen molar-refractivity contribution in [1.82, 2.24) is 24.3 Å². The summed E-state index contributed by atoms with van der Waals surface area (Å²) in [6.45, 7) is 3.71. The van der Waals surface area contributed by atoms with Gasteiger partial charge in [0.1, 0.15) is 5.75 Å². The second kappa shape index (κ2) is 11.7. The molecule has 3 heterocycles. The zero-order valence-electron chi connectivity index (χ0n) is 21.7. The van der Waals surface area contributed by atoms with Crippen LogP contribution in [0, 0.1) is 6.92 Å². The summed E-state index contributed by atoms with van der Waals surface area (Å²) in [5, 5.41) is 3.44. The van der Waals surface area contributed by atoms with Gasteiger partial charge in [0.2, 0.25) is 11.9 Å². The molecule has 2 amide bonds. The predicted octanol–water partition coefficient (Wildman–Crippen LogP) is 4.33. The number of aromatic nitrogens is 3. The summed E-state index contributed by atoms with van der Waals surface area (Å²) in [5.41, 5.74) is 2.66. The first kappa shape index (κ1) is 26.6. The molecular formula is C27H33ClN6O3. The Morgan fingerprint density at radius 1 is 1.27 bits per heavy atom. The zero-order chi connectivity index (χ0) is 26.5. The Morgan fingerprint density at radius 2 is 2.08 bits per heavy atom. The number of hydrogen-bond acceptors (Lipinski definition) is 6. The van der Waals surface area contributed by atoms with E-state index in [0.717, 1.165) is 30.5 Å². The molecule has 1 atom stereocenters. The fourth-order valence-electron chi connectivity index (χ4n) is 4.57. The number of fused-ring (bicyclic) bond motifs is 1. The molecule has 3 aromatic rings. The first-order valence-electron chi connectivity index (χ1n) is 12.4. The number of likely N-dealkylation sites (tertiary alicyclic amines) is 1. The highest BCUT2D eigenvalue weighted by Gasteiger charge is 2.27. The number of pyridine rings is 1. The Labute approximate surface area is 222 Å². The van der Waals surface area contributed by atoms with Crippen molar-refractivity contribution in [3.63, 3.8) is 0 Å². The quantitative estimate of drug-likeness (QED) is 0.463. The molecule has 0 spiro atoms. The van der Waals surface area contributed by atoms with Gasteiger partial charge < -0.3 is 19.1 Å². The van der Waals surface area contributed by atoms with Crippen LogP contribution in [0.1, 0.15) is 41.4 Å². The summed E-state index contributed by atoms with van der Waals surface area (Å²) in [5.74, 6) is 0.607. The molecule has 1 fully saturated rings. The zero-order valence-corrected chi connectivity index (χ0v) is 22.5. The summed E-state index contributed by atoms with van der Waals surface area (Å²) >= 11 is 6.50. The maximum atomic E-state index is 13.2. The molecule has 0 unspecified atom stereocenters. The van der Waals surface area contributed by atoms with E-state index < -0.39 is 0 Å². The SMILES string of the molecule is COc1cc2nc(NC(=O)c3ccnc(C)c3)n([C@@H]3CCCCN(C(=O)C=CCN(C)C)C3)c2cc1Cl. The molecule has 37 heavy (non-hydrogen) atoms. The number of rotatable bonds is 7. The maximum absolute atomic E-state index is 13.2. The fraction of sp³-hybridized carbons (Fsp3) is 0.407. The summed E-state index contributed by atoms with van der Waals surface area (Å²) in [6.07, 6.45) is 7.81. The lowest BCUT2D eigenvalue weighted by Gasteiger charge is -2.26. The van der Waals surface area contributed by atoms with E-state index in [9.17, 15) is 9.59 Å². The average molecular weight is 525 g/mol. The third kappa shape index (κ3) is 6.29. The van der Waals surface area contributed by atoms with E-state index in [-0.39, 0.29) is 17.9 Å². The van der Waals surface area contributed by atoms with Crippen molar-refractivity contribution in [3.05, 3.63) is 58.9 Å². The van der Waals surface area contributed by atoms with E-state index in [1.165, 1.54) is 0 Å². The first-order chi connectivity index (χ1) is 17.8. The molecule has 0 radical (unpaired) electrons. The van der Waals surface area contributed by atoms with E-state index >= 15 is 0 Å². The number of carbonyl (C=O) groups excluding carboxylic acids is 2. The number of nitrogens with zero attached hydrogens (tertiary/aromatic N) is 5. The third-order valence-electron chi connectivity index (χ3n) is 6.40. The van der Waals surface area contributed by atoms with Gasteiger partial charge in [0.25, 0.3) is 5.91 Å². The number of benzene rings is 1. The third-order valence-corrected chi connectivity index (χ3v) is 6.70. The van der Waals surface area contributed by atoms with Gasteiger partial charge in [-0.25, -0.2) is 4.98 Å². The molecular weight excluding hydrogens is 492 g/mol. The van der Waals surface area contributed by atoms with E-state index in [1.807, 2.05) is 47.5 Å². The highest BCUT2D eigenvalue weighted by molar-refractivity contribution is 6.32. The van der Waals surface area contributed by atoms with Gasteiger partial charge in [-0.3, -0.25) is 19.9 Å². The molecule has 4 rings (SSSR count). The van der Waals surface area contributed by atoms with Gasteiger partial charge in [0.15, 0.2) is 0 Å². The van der Waals surface area contributed by atoms with E-state index in [0.29, 0.717) is 47.4 Å². The molecule has 0 aliphatic carbocycles. The molecule has 1 aliphatic heterocycles. The van der Waals surface area contributed by atoms with Crippen LogP contribution < -0.4 is 10.1 Å². The van der Waals surface area contributed by atoms with Crippen LogP contribution in [0.3, 0.4) is 0 Å². The number of likely N-dealkylation sites (N-methyl/N-ethyl adjacent to an activating group) is 1. The number of aryl methyl sites for hydroxylation is 1. The Kier molecular flexibility index (Phi) is 8.45. The van der Waals surface area contributed by atoms with E-state index in [1.54, 1.807) is 37.6 Å². The number of carbonyl (C=O) groups is 2. The minimum atomic E-state index is -0.284. The minimum Gasteiger partial charge on any atom is -0.495 e. The number of nitrogens with one attached hydrogen (secondary N) is 1. The number of hydrogen-bond donors (Lipinski definition) is 1. The van der Waals surface area contributed by atoms with Crippen molar-refractivity contribution in [2.75, 3.05) is 46.2 Å². The Bertz CT molecular complexity index is 1320. The number of methoxy groups -OCH3 is 1. The molecule has 1 aromatic carbocycles. The van der Waals surface area contributed by atoms with Crippen molar-refractivity contribution < 1.29 is 14.3 Å². The lowest BCUT2D eigenvalue weighted by molar-refractivity contribution is -0.126. The van der Waals surface area contributed by atoms with Gasteiger partial charge in [0, 0.05) is 49.2 Å². The number of amides is 2. The van der Waals surface area contributed by atoms with E-state index in [4.69, 9.17) is 21.3 Å². The smallest absolute Gasteiger partial charge is 0.258 e. The van der Waals surface area contributed by atoms with Crippen molar-refractivity contribution in [2.45, 2.75) is 32.2 Å². The van der Waals surface area contributed by atoms with Crippen molar-refractivity contribution >= 4 is 40.4 Å². The molecule has 2 aromatic heterocycles. The monoisotopic (exact) mass is 524 g/mol. The van der Waals surface area contributed by atoms with Gasteiger partial charge in [0.05, 0.1) is 29.2 Å². The Balaban J connectivity index is 1.71. The van der Waals surface area contributed by atoms with Gasteiger partial charge >= 0.3 is 0 Å². The standard InChI is InChI=1S/C27H33ClN6O3/c1-18-14-19(10-11-29-18)26(36)31-27-30-22-16-24(37-4)21(28)15-23(22)34(27)20-8-5-6-13-33(17-20)25(35)9-7-12-32(2)3/h7,9-11,14-16,20H,5-6,8,12-13,17H2,1-4H3,(H,30,31,36)/t20-/m1/s1. The van der Waals surface area contributed by atoms with Crippen molar-refractivity contribution in [3.8, 4) is 5.75 Å². The topological polar surface area (TPSA) is 92.6 Å². The van der Waals surface area contributed by atoms with Crippen molar-refractivity contribution in [1.29, 1.82) is 0 Å². The van der Waals surface area contributed by atoms with Gasteiger partial charge in [-0.1, -0.05) is 17.7 Å². The maximum Gasteiger partial charge on any atom is 0.258 e. The highest BCUT2D eigenvalue weighted by Crippen LogP contribution is 2.35. The second-order valence-electron chi connectivity index (χ2n) is 9.52.